The number of hydrogen-bond donors (Lipinski definition) is 0. The Balaban J connectivity index is 1.68. The van der Waals surface area contributed by atoms with Crippen molar-refractivity contribution in [3.8, 4) is 0 Å². The molecule has 0 aliphatic carbocycles. The van der Waals surface area contributed by atoms with Gasteiger partial charge < -0.3 is 23.7 Å². The highest BCUT2D eigenvalue weighted by molar-refractivity contribution is 5.91. The molecule has 2 fully saturated rings. The van der Waals surface area contributed by atoms with E-state index in [1.807, 2.05) is 17.9 Å². The van der Waals surface area contributed by atoms with Gasteiger partial charge in [0.1, 0.15) is 5.76 Å². The van der Waals surface area contributed by atoms with E-state index in [1.54, 1.807) is 13.2 Å². The second kappa shape index (κ2) is 7.03. The monoisotopic (exact) mass is 322 g/mol. The van der Waals surface area contributed by atoms with E-state index in [1.165, 1.54) is 0 Å². The van der Waals surface area contributed by atoms with Gasteiger partial charge in [0.25, 0.3) is 5.91 Å². The number of rotatable bonds is 4. The van der Waals surface area contributed by atoms with Crippen LogP contribution in [0, 0.1) is 12.3 Å². The van der Waals surface area contributed by atoms with Crippen LogP contribution in [0.1, 0.15) is 22.7 Å². The fourth-order valence-electron chi connectivity index (χ4n) is 3.56. The van der Waals surface area contributed by atoms with Gasteiger partial charge in [-0.05, 0) is 32.0 Å². The van der Waals surface area contributed by atoms with Crippen molar-refractivity contribution in [2.75, 3.05) is 59.7 Å². The van der Waals surface area contributed by atoms with Gasteiger partial charge in [0.15, 0.2) is 5.76 Å². The minimum absolute atomic E-state index is 0.0293. The zero-order valence-corrected chi connectivity index (χ0v) is 14.0. The van der Waals surface area contributed by atoms with E-state index in [4.69, 9.17) is 13.9 Å². The molecule has 0 bridgehead atoms. The number of likely N-dealkylation sites (tertiary alicyclic amines) is 1. The molecule has 0 saturated carbocycles. The zero-order valence-electron chi connectivity index (χ0n) is 14.0. The van der Waals surface area contributed by atoms with Crippen molar-refractivity contribution < 1.29 is 18.7 Å². The van der Waals surface area contributed by atoms with Crippen LogP contribution in [0.4, 0.5) is 0 Å². The number of amides is 1. The zero-order chi connectivity index (χ0) is 16.3. The van der Waals surface area contributed by atoms with Crippen LogP contribution in [0.2, 0.25) is 0 Å². The molecule has 2 aliphatic heterocycles. The minimum Gasteiger partial charge on any atom is -0.456 e. The van der Waals surface area contributed by atoms with Crippen molar-refractivity contribution in [3.05, 3.63) is 23.7 Å². The van der Waals surface area contributed by atoms with Crippen molar-refractivity contribution in [1.29, 1.82) is 0 Å². The summed E-state index contributed by atoms with van der Waals surface area (Å²) in [5, 5.41) is 0. The van der Waals surface area contributed by atoms with Gasteiger partial charge in [-0.1, -0.05) is 0 Å². The lowest BCUT2D eigenvalue weighted by atomic mass is 9.87. The number of methoxy groups -OCH3 is 1. The van der Waals surface area contributed by atoms with Crippen LogP contribution >= 0.6 is 0 Å². The van der Waals surface area contributed by atoms with E-state index < -0.39 is 0 Å². The van der Waals surface area contributed by atoms with Crippen LogP contribution in [0.15, 0.2) is 16.5 Å². The lowest BCUT2D eigenvalue weighted by Crippen LogP contribution is -2.43. The van der Waals surface area contributed by atoms with Crippen LogP contribution < -0.4 is 0 Å². The summed E-state index contributed by atoms with van der Waals surface area (Å²) in [7, 11) is 1.73. The maximum absolute atomic E-state index is 12.7. The highest BCUT2D eigenvalue weighted by atomic mass is 16.5. The van der Waals surface area contributed by atoms with Gasteiger partial charge in [-0.3, -0.25) is 4.79 Å². The van der Waals surface area contributed by atoms with E-state index >= 15 is 0 Å². The normalized spacial score (nSPS) is 25.9. The Morgan fingerprint density at radius 1 is 1.35 bits per heavy atom. The van der Waals surface area contributed by atoms with Crippen LogP contribution in [0.25, 0.3) is 0 Å². The number of aryl methyl sites for hydroxylation is 1. The van der Waals surface area contributed by atoms with Crippen molar-refractivity contribution in [1.82, 2.24) is 9.80 Å². The van der Waals surface area contributed by atoms with Crippen LogP contribution in [-0.2, 0) is 9.47 Å². The molecule has 1 spiro atoms. The van der Waals surface area contributed by atoms with Crippen LogP contribution in [0.5, 0.6) is 0 Å². The third-order valence-corrected chi connectivity index (χ3v) is 4.81. The third-order valence-electron chi connectivity index (χ3n) is 4.81. The largest absolute Gasteiger partial charge is 0.456 e. The Hall–Kier alpha value is -1.37. The molecule has 0 radical (unpaired) electrons. The molecule has 1 unspecified atom stereocenters. The molecule has 6 heteroatoms. The van der Waals surface area contributed by atoms with E-state index in [2.05, 4.69) is 4.90 Å². The smallest absolute Gasteiger partial charge is 0.289 e. The summed E-state index contributed by atoms with van der Waals surface area (Å²) >= 11 is 0. The topological polar surface area (TPSA) is 55.2 Å². The molecule has 0 aromatic carbocycles. The molecule has 1 aromatic rings. The predicted octanol–water partition coefficient (Wildman–Crippen LogP) is 1.40. The van der Waals surface area contributed by atoms with Crippen molar-refractivity contribution in [2.45, 2.75) is 13.3 Å². The van der Waals surface area contributed by atoms with E-state index in [0.29, 0.717) is 18.9 Å². The molecule has 3 rings (SSSR count). The first-order valence-corrected chi connectivity index (χ1v) is 8.27. The average Bonchev–Trinajstić information content (AvgIpc) is 3.08. The Bertz CT molecular complexity index is 544. The molecule has 1 atom stereocenters. The van der Waals surface area contributed by atoms with Gasteiger partial charge in [-0.15, -0.1) is 0 Å². The van der Waals surface area contributed by atoms with Crippen LogP contribution in [0.3, 0.4) is 0 Å². The maximum Gasteiger partial charge on any atom is 0.289 e. The van der Waals surface area contributed by atoms with Gasteiger partial charge in [0.2, 0.25) is 0 Å². The SMILES string of the molecule is COCCN1CCC2(COCCN(C(=O)c3ccc(C)o3)C2)C1. The van der Waals surface area contributed by atoms with Gasteiger partial charge in [-0.25, -0.2) is 0 Å². The Morgan fingerprint density at radius 3 is 2.96 bits per heavy atom. The number of furan rings is 1. The van der Waals surface area contributed by atoms with Gasteiger partial charge in [0.05, 0.1) is 19.8 Å². The first-order chi connectivity index (χ1) is 11.1. The molecule has 1 aromatic heterocycles. The quantitative estimate of drug-likeness (QED) is 0.839. The van der Waals surface area contributed by atoms with Crippen molar-refractivity contribution >= 4 is 5.91 Å². The molecule has 2 saturated heterocycles. The Morgan fingerprint density at radius 2 is 2.22 bits per heavy atom. The lowest BCUT2D eigenvalue weighted by molar-refractivity contribution is 0.0611. The number of carbonyl (C=O) groups excluding carboxylic acids is 1. The van der Waals surface area contributed by atoms with Crippen molar-refractivity contribution in [3.63, 3.8) is 0 Å². The molecule has 0 N–H and O–H groups in total. The molecule has 3 heterocycles. The van der Waals surface area contributed by atoms with E-state index in [9.17, 15) is 4.79 Å². The maximum atomic E-state index is 12.7. The molecule has 128 valence electrons. The summed E-state index contributed by atoms with van der Waals surface area (Å²) in [4.78, 5) is 17.0. The number of carbonyl (C=O) groups is 1. The Kier molecular flexibility index (Phi) is 5.04. The number of nitrogens with zero attached hydrogens (tertiary/aromatic N) is 2. The molecule has 23 heavy (non-hydrogen) atoms. The molecular weight excluding hydrogens is 296 g/mol. The van der Waals surface area contributed by atoms with Crippen LogP contribution in [-0.4, -0.2) is 75.4 Å². The second-order valence-corrected chi connectivity index (χ2v) is 6.71. The molecule has 6 nitrogen and oxygen atoms in total. The predicted molar refractivity (Wildman–Crippen MR) is 85.5 cm³/mol. The molecular formula is C17H26N2O4. The minimum atomic E-state index is -0.0293. The average molecular weight is 322 g/mol. The fraction of sp³-hybridized carbons (Fsp3) is 0.706. The summed E-state index contributed by atoms with van der Waals surface area (Å²) in [6, 6.07) is 3.59. The fourth-order valence-corrected chi connectivity index (χ4v) is 3.56. The third kappa shape index (κ3) is 3.76. The summed E-state index contributed by atoms with van der Waals surface area (Å²) in [5.41, 5.74) is 0.0293. The highest BCUT2D eigenvalue weighted by Crippen LogP contribution is 2.33. The molecule has 2 aliphatic rings. The second-order valence-electron chi connectivity index (χ2n) is 6.71. The first kappa shape index (κ1) is 16.5. The van der Waals surface area contributed by atoms with E-state index in [-0.39, 0.29) is 11.3 Å². The Labute approximate surface area is 137 Å². The highest BCUT2D eigenvalue weighted by Gasteiger charge is 2.42. The summed E-state index contributed by atoms with van der Waals surface area (Å²) < 4.78 is 16.5. The summed E-state index contributed by atoms with van der Waals surface area (Å²) in [5.74, 6) is 1.16. The standard InChI is InChI=1S/C17H26N2O4/c1-14-3-4-15(23-14)16(20)19-8-10-22-13-17(12-19)5-6-18(11-17)7-9-21-2/h3-4H,5-13H2,1-2H3. The summed E-state index contributed by atoms with van der Waals surface area (Å²) in [6.07, 6.45) is 1.05. The van der Waals surface area contributed by atoms with Gasteiger partial charge >= 0.3 is 0 Å². The van der Waals surface area contributed by atoms with Gasteiger partial charge in [-0.2, -0.15) is 0 Å². The number of ether oxygens (including phenoxy) is 2. The number of hydrogen-bond acceptors (Lipinski definition) is 5. The summed E-state index contributed by atoms with van der Waals surface area (Å²) in [6.45, 7) is 8.19. The first-order valence-electron chi connectivity index (χ1n) is 8.27. The van der Waals surface area contributed by atoms with Crippen molar-refractivity contribution in [2.24, 2.45) is 5.41 Å². The van der Waals surface area contributed by atoms with E-state index in [0.717, 1.165) is 51.6 Å². The lowest BCUT2D eigenvalue weighted by Gasteiger charge is -2.31. The molecule has 1 amide bonds. The van der Waals surface area contributed by atoms with Gasteiger partial charge in [0, 0.05) is 38.7 Å².